The van der Waals surface area contributed by atoms with Crippen LogP contribution in [0.25, 0.3) is 0 Å². The van der Waals surface area contributed by atoms with Crippen LogP contribution in [0, 0.1) is 5.82 Å². The number of amides is 1. The first-order chi connectivity index (χ1) is 9.65. The normalized spacial score (nSPS) is 12.6. The molecule has 0 saturated heterocycles. The highest BCUT2D eigenvalue weighted by Crippen LogP contribution is 2.15. The molecular weight excluding hydrogens is 337 g/mol. The lowest BCUT2D eigenvalue weighted by molar-refractivity contribution is -0.584. The van der Waals surface area contributed by atoms with Crippen LogP contribution < -0.4 is 28.1 Å². The van der Waals surface area contributed by atoms with Gasteiger partial charge in [-0.3, -0.25) is 10.5 Å². The molecule has 21 heavy (non-hydrogen) atoms. The molecule has 0 aliphatic carbocycles. The van der Waals surface area contributed by atoms with Gasteiger partial charge in [0, 0.05) is 11.1 Å². The second-order valence-corrected chi connectivity index (χ2v) is 4.58. The van der Waals surface area contributed by atoms with Crippen LogP contribution in [-0.2, 0) is 6.54 Å². The summed E-state index contributed by atoms with van der Waals surface area (Å²) >= 11 is 0. The molecule has 4 nitrogen and oxygen atoms in total. The van der Waals surface area contributed by atoms with Gasteiger partial charge in [-0.15, -0.1) is 0 Å². The van der Waals surface area contributed by atoms with Crippen LogP contribution in [0.2, 0.25) is 0 Å². The molecule has 1 amide bonds. The Morgan fingerprint density at radius 1 is 1.14 bits per heavy atom. The van der Waals surface area contributed by atoms with Crippen LogP contribution in [0.15, 0.2) is 48.5 Å². The summed E-state index contributed by atoms with van der Waals surface area (Å²) in [6.07, 6.45) is 0. The van der Waals surface area contributed by atoms with E-state index in [1.807, 2.05) is 24.3 Å². The van der Waals surface area contributed by atoms with Crippen molar-refractivity contribution in [3.63, 3.8) is 0 Å². The number of hydrazine groups is 1. The van der Waals surface area contributed by atoms with Crippen LogP contribution in [-0.4, -0.2) is 16.4 Å². The molecule has 1 aliphatic heterocycles. The predicted octanol–water partition coefficient (Wildman–Crippen LogP) is -1.59. The van der Waals surface area contributed by atoms with Crippen LogP contribution in [0.4, 0.5) is 4.39 Å². The van der Waals surface area contributed by atoms with Crippen molar-refractivity contribution in [2.45, 2.75) is 6.54 Å². The predicted molar refractivity (Wildman–Crippen MR) is 72.6 cm³/mol. The summed E-state index contributed by atoms with van der Waals surface area (Å²) in [4.78, 5) is 12.1. The van der Waals surface area contributed by atoms with Gasteiger partial charge in [-0.25, -0.2) is 4.39 Å². The van der Waals surface area contributed by atoms with E-state index in [0.29, 0.717) is 17.9 Å². The number of carbonyl (C=O) groups excluding carboxylic acids is 1. The Hall–Kier alpha value is -2.21. The molecule has 2 aromatic carbocycles. The molecule has 0 spiro atoms. The fourth-order valence-corrected chi connectivity index (χ4v) is 2.20. The van der Waals surface area contributed by atoms with Gasteiger partial charge in [-0.05, 0) is 30.3 Å². The first-order valence-electron chi connectivity index (χ1n) is 6.20. The maximum Gasteiger partial charge on any atom is 0.299 e. The first kappa shape index (κ1) is 15.2. The number of amidine groups is 1. The summed E-state index contributed by atoms with van der Waals surface area (Å²) in [7, 11) is 0. The Labute approximate surface area is 131 Å². The van der Waals surface area contributed by atoms with E-state index in [0.717, 1.165) is 11.1 Å². The van der Waals surface area contributed by atoms with Crippen molar-refractivity contribution in [3.05, 3.63) is 71.0 Å². The largest absolute Gasteiger partial charge is 1.00 e. The lowest BCUT2D eigenvalue weighted by Crippen LogP contribution is -3.00. The third-order valence-corrected chi connectivity index (χ3v) is 3.26. The van der Waals surface area contributed by atoms with Crippen molar-refractivity contribution >= 4 is 11.7 Å². The van der Waals surface area contributed by atoms with Crippen molar-refractivity contribution < 1.29 is 30.9 Å². The van der Waals surface area contributed by atoms with Gasteiger partial charge in [0.15, 0.2) is 0 Å². The highest BCUT2D eigenvalue weighted by atomic mass is 79.9. The minimum absolute atomic E-state index is 0. The Morgan fingerprint density at radius 2 is 1.81 bits per heavy atom. The zero-order valence-corrected chi connectivity index (χ0v) is 12.6. The number of hydrogen-bond acceptors (Lipinski definition) is 2. The summed E-state index contributed by atoms with van der Waals surface area (Å²) in [6, 6.07) is 13.1. The zero-order chi connectivity index (χ0) is 14.1. The second-order valence-electron chi connectivity index (χ2n) is 4.58. The minimum Gasteiger partial charge on any atom is -1.00 e. The lowest BCUT2D eigenvalue weighted by Gasteiger charge is -2.05. The van der Waals surface area contributed by atoms with Gasteiger partial charge in [0.25, 0.3) is 11.7 Å². The van der Waals surface area contributed by atoms with Gasteiger partial charge >= 0.3 is 0 Å². The number of hydrazone groups is 1. The highest BCUT2D eigenvalue weighted by Gasteiger charge is 2.25. The molecule has 6 heteroatoms. The van der Waals surface area contributed by atoms with E-state index in [1.165, 1.54) is 24.3 Å². The topological polar surface area (TPSA) is 58.1 Å². The van der Waals surface area contributed by atoms with Gasteiger partial charge in [0.1, 0.15) is 12.4 Å². The number of carbonyl (C=O) groups is 1. The molecule has 0 unspecified atom stereocenters. The SMILES string of the molecule is NC1=[N+](NC(=O)c2ccc(F)cc2)Cc2ccccc21.[Br-]. The van der Waals surface area contributed by atoms with E-state index in [2.05, 4.69) is 5.43 Å². The van der Waals surface area contributed by atoms with E-state index in [-0.39, 0.29) is 28.7 Å². The van der Waals surface area contributed by atoms with E-state index < -0.39 is 0 Å². The molecule has 1 aliphatic rings. The third kappa shape index (κ3) is 2.95. The Kier molecular flexibility index (Phi) is 4.37. The summed E-state index contributed by atoms with van der Waals surface area (Å²) in [6.45, 7) is 0.523. The highest BCUT2D eigenvalue weighted by molar-refractivity contribution is 5.98. The molecule has 0 saturated carbocycles. The number of hydrogen-bond donors (Lipinski definition) is 2. The first-order valence-corrected chi connectivity index (χ1v) is 6.20. The zero-order valence-electron chi connectivity index (χ0n) is 11.0. The van der Waals surface area contributed by atoms with Crippen LogP contribution in [0.3, 0.4) is 0 Å². The summed E-state index contributed by atoms with van der Waals surface area (Å²) < 4.78 is 14.4. The fourth-order valence-electron chi connectivity index (χ4n) is 2.20. The summed E-state index contributed by atoms with van der Waals surface area (Å²) in [5, 5.41) is 0. The number of halogens is 2. The average molecular weight is 350 g/mol. The lowest BCUT2D eigenvalue weighted by atomic mass is 10.1. The Morgan fingerprint density at radius 3 is 2.48 bits per heavy atom. The standard InChI is InChI=1S/C15H12FN3O.BrH/c16-12-7-5-10(6-8-12)15(20)18-19-9-11-3-1-2-4-13(11)14(19)17;/h1-8,17H,9H2,(H,18,20);1H. The maximum absolute atomic E-state index is 12.8. The summed E-state index contributed by atoms with van der Waals surface area (Å²) in [5.74, 6) is -0.182. The van der Waals surface area contributed by atoms with Crippen molar-refractivity contribution in [1.82, 2.24) is 5.43 Å². The number of nitrogens with two attached hydrogens (primary N) is 1. The van der Waals surface area contributed by atoms with Crippen LogP contribution in [0.1, 0.15) is 21.5 Å². The number of rotatable bonds is 2. The van der Waals surface area contributed by atoms with Crippen LogP contribution in [0.5, 0.6) is 0 Å². The Balaban J connectivity index is 0.00000161. The number of nitrogens with one attached hydrogen (secondary N) is 1. The van der Waals surface area contributed by atoms with Gasteiger partial charge in [0.05, 0.1) is 5.56 Å². The molecule has 0 aromatic heterocycles. The number of nitrogens with zero attached hydrogens (tertiary/aromatic N) is 1. The van der Waals surface area contributed by atoms with Gasteiger partial charge in [-0.2, -0.15) is 10.1 Å². The second kappa shape index (κ2) is 6.05. The molecule has 0 radical (unpaired) electrons. The van der Waals surface area contributed by atoms with Gasteiger partial charge < -0.3 is 17.0 Å². The quantitative estimate of drug-likeness (QED) is 0.642. The molecule has 2 aromatic rings. The van der Waals surface area contributed by atoms with Crippen LogP contribution >= 0.6 is 0 Å². The number of benzene rings is 2. The molecule has 3 N–H and O–H groups in total. The summed E-state index contributed by atoms with van der Waals surface area (Å²) in [5.41, 5.74) is 11.1. The van der Waals surface area contributed by atoms with Crippen molar-refractivity contribution in [2.24, 2.45) is 5.73 Å². The fraction of sp³-hybridized carbons (Fsp3) is 0.0667. The van der Waals surface area contributed by atoms with E-state index in [1.54, 1.807) is 4.68 Å². The Bertz CT molecular complexity index is 713. The molecule has 108 valence electrons. The van der Waals surface area contributed by atoms with Gasteiger partial charge in [0.2, 0.25) is 0 Å². The van der Waals surface area contributed by atoms with E-state index in [4.69, 9.17) is 5.73 Å². The van der Waals surface area contributed by atoms with Crippen molar-refractivity contribution in [2.75, 3.05) is 0 Å². The maximum atomic E-state index is 12.8. The monoisotopic (exact) mass is 349 g/mol. The average Bonchev–Trinajstić information content (AvgIpc) is 2.77. The van der Waals surface area contributed by atoms with Gasteiger partial charge in [-0.1, -0.05) is 18.2 Å². The van der Waals surface area contributed by atoms with Crippen molar-refractivity contribution in [1.29, 1.82) is 0 Å². The molecule has 0 bridgehead atoms. The minimum atomic E-state index is -0.374. The van der Waals surface area contributed by atoms with Crippen molar-refractivity contribution in [3.8, 4) is 0 Å². The smallest absolute Gasteiger partial charge is 0.299 e. The van der Waals surface area contributed by atoms with E-state index in [9.17, 15) is 9.18 Å². The molecular formula is C15H13BrFN3O. The third-order valence-electron chi connectivity index (χ3n) is 3.26. The molecule has 0 atom stereocenters. The number of fused-ring (bicyclic) bond motifs is 1. The molecule has 3 rings (SSSR count). The molecule has 0 fully saturated rings. The van der Waals surface area contributed by atoms with E-state index >= 15 is 0 Å². The molecule has 1 heterocycles.